The monoisotopic (exact) mass is 363 g/mol. The van der Waals surface area contributed by atoms with Crippen molar-refractivity contribution in [2.75, 3.05) is 4.72 Å². The molecule has 3 aromatic rings. The number of aryl methyl sites for hydroxylation is 4. The van der Waals surface area contributed by atoms with Crippen molar-refractivity contribution in [3.05, 3.63) is 46.2 Å². The van der Waals surface area contributed by atoms with E-state index in [2.05, 4.69) is 14.9 Å². The Morgan fingerprint density at radius 3 is 2.54 bits per heavy atom. The summed E-state index contributed by atoms with van der Waals surface area (Å²) in [6.45, 7) is 7.24. The second-order valence-corrected chi connectivity index (χ2v) is 8.50. The quantitative estimate of drug-likeness (QED) is 0.761. The second-order valence-electron chi connectivity index (χ2n) is 5.59. The fourth-order valence-corrected chi connectivity index (χ4v) is 4.93. The average molecular weight is 363 g/mol. The van der Waals surface area contributed by atoms with Gasteiger partial charge in [0, 0.05) is 11.8 Å². The third kappa shape index (κ3) is 3.20. The van der Waals surface area contributed by atoms with E-state index < -0.39 is 10.0 Å². The van der Waals surface area contributed by atoms with E-state index in [-0.39, 0.29) is 4.90 Å². The van der Waals surface area contributed by atoms with Crippen molar-refractivity contribution in [2.45, 2.75) is 32.6 Å². The van der Waals surface area contributed by atoms with Gasteiger partial charge in [-0.1, -0.05) is 17.3 Å². The molecule has 0 aliphatic rings. The normalized spacial score (nSPS) is 11.7. The van der Waals surface area contributed by atoms with E-state index in [1.54, 1.807) is 19.9 Å². The molecule has 0 unspecified atom stereocenters. The van der Waals surface area contributed by atoms with Crippen LogP contribution in [0.2, 0.25) is 0 Å². The first kappa shape index (κ1) is 16.7. The van der Waals surface area contributed by atoms with Gasteiger partial charge in [-0.3, -0.25) is 4.72 Å². The van der Waals surface area contributed by atoms with Crippen LogP contribution in [0.4, 0.5) is 5.69 Å². The lowest BCUT2D eigenvalue weighted by Gasteiger charge is -2.11. The number of thiophene rings is 1. The summed E-state index contributed by atoms with van der Waals surface area (Å²) in [5.74, 6) is 0.836. The zero-order chi connectivity index (χ0) is 17.5. The molecule has 0 aliphatic carbocycles. The summed E-state index contributed by atoms with van der Waals surface area (Å²) >= 11 is 1.32. The minimum atomic E-state index is -3.69. The molecule has 0 saturated carbocycles. The summed E-state index contributed by atoms with van der Waals surface area (Å²) in [5, 5.41) is 3.84. The Balaban J connectivity index is 1.98. The molecular formula is C16H17N3O3S2. The molecule has 0 spiro atoms. The molecule has 8 heteroatoms. The number of rotatable bonds is 4. The molecule has 126 valence electrons. The second kappa shape index (κ2) is 6.03. The van der Waals surface area contributed by atoms with E-state index >= 15 is 0 Å². The van der Waals surface area contributed by atoms with Gasteiger partial charge < -0.3 is 4.52 Å². The highest BCUT2D eigenvalue weighted by Gasteiger charge is 2.22. The van der Waals surface area contributed by atoms with E-state index in [0.29, 0.717) is 27.2 Å². The van der Waals surface area contributed by atoms with Crippen LogP contribution in [0.25, 0.3) is 10.7 Å². The Hall–Kier alpha value is -2.19. The van der Waals surface area contributed by atoms with Gasteiger partial charge in [-0.2, -0.15) is 4.98 Å². The van der Waals surface area contributed by atoms with Gasteiger partial charge >= 0.3 is 0 Å². The summed E-state index contributed by atoms with van der Waals surface area (Å²) in [6.07, 6.45) is 0. The largest absolute Gasteiger partial charge is 0.339 e. The zero-order valence-corrected chi connectivity index (χ0v) is 15.4. The van der Waals surface area contributed by atoms with E-state index in [0.717, 1.165) is 11.1 Å². The van der Waals surface area contributed by atoms with Crippen LogP contribution in [-0.4, -0.2) is 18.6 Å². The Labute approximate surface area is 144 Å². The van der Waals surface area contributed by atoms with Crippen LogP contribution in [0, 0.1) is 27.7 Å². The van der Waals surface area contributed by atoms with Crippen molar-refractivity contribution in [3.63, 3.8) is 0 Å². The summed E-state index contributed by atoms with van der Waals surface area (Å²) < 4.78 is 33.2. The molecule has 2 aromatic heterocycles. The number of hydrogen-bond donors (Lipinski definition) is 1. The molecular weight excluding hydrogens is 346 g/mol. The Bertz CT molecular complexity index is 1000. The van der Waals surface area contributed by atoms with Gasteiger partial charge in [-0.15, -0.1) is 11.3 Å². The van der Waals surface area contributed by atoms with Crippen molar-refractivity contribution in [1.29, 1.82) is 0 Å². The van der Waals surface area contributed by atoms with Crippen LogP contribution >= 0.6 is 11.3 Å². The summed E-state index contributed by atoms with van der Waals surface area (Å²) in [5.41, 5.74) is 2.44. The highest BCUT2D eigenvalue weighted by Crippen LogP contribution is 2.33. The maximum atomic E-state index is 12.8. The van der Waals surface area contributed by atoms with Crippen molar-refractivity contribution >= 4 is 27.0 Å². The lowest BCUT2D eigenvalue weighted by atomic mass is 10.1. The van der Waals surface area contributed by atoms with Crippen molar-refractivity contribution in [3.8, 4) is 10.7 Å². The molecule has 0 radical (unpaired) electrons. The topological polar surface area (TPSA) is 85.1 Å². The molecule has 0 aliphatic heterocycles. The minimum Gasteiger partial charge on any atom is -0.339 e. The number of anilines is 1. The molecule has 0 bridgehead atoms. The van der Waals surface area contributed by atoms with Crippen LogP contribution < -0.4 is 4.72 Å². The third-order valence-corrected chi connectivity index (χ3v) is 6.21. The first-order valence-corrected chi connectivity index (χ1v) is 9.57. The van der Waals surface area contributed by atoms with Gasteiger partial charge in [0.25, 0.3) is 10.0 Å². The van der Waals surface area contributed by atoms with Crippen LogP contribution in [0.15, 0.2) is 33.7 Å². The molecule has 6 nitrogen and oxygen atoms in total. The fraction of sp³-hybridized carbons (Fsp3) is 0.250. The van der Waals surface area contributed by atoms with Crippen molar-refractivity contribution < 1.29 is 12.9 Å². The Morgan fingerprint density at radius 2 is 1.88 bits per heavy atom. The van der Waals surface area contributed by atoms with Gasteiger partial charge in [0.1, 0.15) is 4.90 Å². The maximum Gasteiger partial charge on any atom is 0.263 e. The zero-order valence-electron chi connectivity index (χ0n) is 13.7. The molecule has 0 fully saturated rings. The standard InChI is InChI=1S/C16H17N3O3S2/c1-9-5-6-10(2)13(7-9)19-24(20,21)15-8-14(23-11(15)3)16-17-12(4)22-18-16/h5-8,19H,1-4H3. The maximum absolute atomic E-state index is 12.8. The smallest absolute Gasteiger partial charge is 0.263 e. The summed E-state index contributed by atoms with van der Waals surface area (Å²) in [7, 11) is -3.69. The molecule has 0 atom stereocenters. The molecule has 0 saturated heterocycles. The van der Waals surface area contributed by atoms with Gasteiger partial charge in [0.2, 0.25) is 11.7 Å². The van der Waals surface area contributed by atoms with Crippen molar-refractivity contribution in [1.82, 2.24) is 10.1 Å². The van der Waals surface area contributed by atoms with Gasteiger partial charge in [0.15, 0.2) is 0 Å². The first-order valence-electron chi connectivity index (χ1n) is 7.27. The molecule has 1 aromatic carbocycles. The van der Waals surface area contributed by atoms with Crippen LogP contribution in [0.1, 0.15) is 21.9 Å². The lowest BCUT2D eigenvalue weighted by Crippen LogP contribution is -2.14. The van der Waals surface area contributed by atoms with E-state index in [4.69, 9.17) is 4.52 Å². The first-order chi connectivity index (χ1) is 11.3. The van der Waals surface area contributed by atoms with Crippen molar-refractivity contribution in [2.24, 2.45) is 0 Å². The van der Waals surface area contributed by atoms with Gasteiger partial charge in [-0.25, -0.2) is 8.42 Å². The highest BCUT2D eigenvalue weighted by atomic mass is 32.2. The number of aromatic nitrogens is 2. The Kier molecular flexibility index (Phi) is 4.18. The molecule has 24 heavy (non-hydrogen) atoms. The number of nitrogens with one attached hydrogen (secondary N) is 1. The SMILES string of the molecule is Cc1ccc(C)c(NS(=O)(=O)c2cc(-c3noc(C)n3)sc2C)c1. The number of benzene rings is 1. The van der Waals surface area contributed by atoms with E-state index in [1.165, 1.54) is 11.3 Å². The Morgan fingerprint density at radius 1 is 1.12 bits per heavy atom. The fourth-order valence-electron chi connectivity index (χ4n) is 2.29. The number of hydrogen-bond acceptors (Lipinski definition) is 6. The van der Waals surface area contributed by atoms with E-state index in [9.17, 15) is 8.42 Å². The summed E-state index contributed by atoms with van der Waals surface area (Å²) in [4.78, 5) is 5.70. The lowest BCUT2D eigenvalue weighted by molar-refractivity contribution is 0.394. The highest BCUT2D eigenvalue weighted by molar-refractivity contribution is 7.93. The molecule has 0 amide bonds. The predicted octanol–water partition coefficient (Wildman–Crippen LogP) is 3.83. The number of sulfonamides is 1. The predicted molar refractivity (Wildman–Crippen MR) is 93.8 cm³/mol. The van der Waals surface area contributed by atoms with E-state index in [1.807, 2.05) is 32.0 Å². The number of nitrogens with zero attached hydrogens (tertiary/aromatic N) is 2. The molecule has 1 N–H and O–H groups in total. The third-order valence-electron chi connectivity index (χ3n) is 3.55. The average Bonchev–Trinajstić information content (AvgIpc) is 3.09. The minimum absolute atomic E-state index is 0.228. The van der Waals surface area contributed by atoms with Crippen LogP contribution in [-0.2, 0) is 10.0 Å². The van der Waals surface area contributed by atoms with Gasteiger partial charge in [-0.05, 0) is 44.0 Å². The molecule has 3 rings (SSSR count). The van der Waals surface area contributed by atoms with Crippen LogP contribution in [0.5, 0.6) is 0 Å². The van der Waals surface area contributed by atoms with Crippen LogP contribution in [0.3, 0.4) is 0 Å². The van der Waals surface area contributed by atoms with Gasteiger partial charge in [0.05, 0.1) is 10.6 Å². The molecule has 2 heterocycles. The summed E-state index contributed by atoms with van der Waals surface area (Å²) in [6, 6.07) is 7.23.